The molecule has 0 bridgehead atoms. The van der Waals surface area contributed by atoms with Gasteiger partial charge in [0.15, 0.2) is 0 Å². The molecule has 1 aliphatic heterocycles. The van der Waals surface area contributed by atoms with Gasteiger partial charge in [-0.05, 0) is 36.8 Å². The second-order valence-electron chi connectivity index (χ2n) is 7.40. The standard InChI is InChI=1S/C25H26N2O2S2/c1-3-14-26-20-12-10-18(28)16-22(20)30-24(26)8-6-5-7-9-25-27(15-4-2)21-13-11-19(29)17-23(21)31-25/h5-13,16-17H,3-4,14-15H2,1-2H3,(H-,28,29)/p+1. The van der Waals surface area contributed by atoms with Crippen molar-refractivity contribution in [1.82, 2.24) is 0 Å². The van der Waals surface area contributed by atoms with Crippen LogP contribution in [-0.2, 0) is 6.54 Å². The zero-order chi connectivity index (χ0) is 21.8. The second kappa shape index (κ2) is 9.62. The summed E-state index contributed by atoms with van der Waals surface area (Å²) < 4.78 is 3.40. The molecule has 2 aromatic carbocycles. The van der Waals surface area contributed by atoms with E-state index in [-0.39, 0.29) is 0 Å². The van der Waals surface area contributed by atoms with E-state index >= 15 is 0 Å². The average Bonchev–Trinajstić information content (AvgIpc) is 3.25. The molecule has 2 N–H and O–H groups in total. The maximum absolute atomic E-state index is 9.79. The lowest BCUT2D eigenvalue weighted by atomic mass is 10.2. The summed E-state index contributed by atoms with van der Waals surface area (Å²) in [7, 11) is 0. The van der Waals surface area contributed by atoms with Gasteiger partial charge in [0.05, 0.1) is 10.7 Å². The van der Waals surface area contributed by atoms with E-state index < -0.39 is 0 Å². The predicted molar refractivity (Wildman–Crippen MR) is 132 cm³/mol. The highest BCUT2D eigenvalue weighted by Gasteiger charge is 2.24. The quantitative estimate of drug-likeness (QED) is 0.320. The van der Waals surface area contributed by atoms with Crippen molar-refractivity contribution in [2.45, 2.75) is 38.1 Å². The van der Waals surface area contributed by atoms with E-state index in [9.17, 15) is 10.2 Å². The van der Waals surface area contributed by atoms with Gasteiger partial charge in [-0.3, -0.25) is 0 Å². The maximum atomic E-state index is 9.79. The molecule has 1 aliphatic rings. The number of aromatic nitrogens is 1. The van der Waals surface area contributed by atoms with Crippen molar-refractivity contribution in [3.8, 4) is 11.5 Å². The lowest BCUT2D eigenvalue weighted by Crippen LogP contribution is -2.34. The number of anilines is 1. The van der Waals surface area contributed by atoms with Gasteiger partial charge in [0.1, 0.15) is 22.7 Å². The van der Waals surface area contributed by atoms with Crippen LogP contribution in [0.4, 0.5) is 5.69 Å². The molecular weight excluding hydrogens is 424 g/mol. The number of benzene rings is 2. The summed E-state index contributed by atoms with van der Waals surface area (Å²) in [6.07, 6.45) is 12.6. The van der Waals surface area contributed by atoms with E-state index in [1.807, 2.05) is 24.3 Å². The zero-order valence-electron chi connectivity index (χ0n) is 17.8. The molecule has 0 amide bonds. The van der Waals surface area contributed by atoms with E-state index in [1.54, 1.807) is 35.2 Å². The fraction of sp³-hybridized carbons (Fsp3) is 0.240. The van der Waals surface area contributed by atoms with Crippen LogP contribution in [0.5, 0.6) is 11.5 Å². The van der Waals surface area contributed by atoms with E-state index in [0.717, 1.165) is 46.7 Å². The average molecular weight is 452 g/mol. The molecule has 0 saturated heterocycles. The fourth-order valence-corrected chi connectivity index (χ4v) is 5.95. The summed E-state index contributed by atoms with van der Waals surface area (Å²) >= 11 is 3.38. The Morgan fingerprint density at radius 3 is 2.58 bits per heavy atom. The lowest BCUT2D eigenvalue weighted by molar-refractivity contribution is -0.668. The Morgan fingerprint density at radius 2 is 1.77 bits per heavy atom. The maximum Gasteiger partial charge on any atom is 0.262 e. The largest absolute Gasteiger partial charge is 0.508 e. The SMILES string of the molecule is CCCN1/C(=C/C=C/C=C/c2sc3cc(O)ccc3[n+]2CCC)Sc2cc(O)ccc21. The molecule has 160 valence electrons. The Labute approximate surface area is 191 Å². The fourth-order valence-electron chi connectivity index (χ4n) is 3.68. The molecule has 0 atom stereocenters. The third kappa shape index (κ3) is 4.65. The van der Waals surface area contributed by atoms with Gasteiger partial charge in [-0.2, -0.15) is 4.57 Å². The monoisotopic (exact) mass is 451 g/mol. The number of phenolic OH excluding ortho intramolecular Hbond substituents is 2. The van der Waals surface area contributed by atoms with Gasteiger partial charge in [0, 0.05) is 36.1 Å². The Kier molecular flexibility index (Phi) is 6.68. The first-order valence-electron chi connectivity index (χ1n) is 10.6. The highest BCUT2D eigenvalue weighted by molar-refractivity contribution is 8.03. The molecule has 4 rings (SSSR count). The van der Waals surface area contributed by atoms with Crippen LogP contribution < -0.4 is 9.47 Å². The van der Waals surface area contributed by atoms with Crippen LogP contribution >= 0.6 is 23.1 Å². The minimum atomic E-state index is 0.305. The third-order valence-electron chi connectivity index (χ3n) is 5.02. The number of thioether (sulfide) groups is 1. The highest BCUT2D eigenvalue weighted by Crippen LogP contribution is 2.47. The van der Waals surface area contributed by atoms with Crippen molar-refractivity contribution >= 4 is 45.1 Å². The van der Waals surface area contributed by atoms with Crippen LogP contribution in [0, 0.1) is 0 Å². The zero-order valence-corrected chi connectivity index (χ0v) is 19.4. The Hall–Kier alpha value is -2.70. The van der Waals surface area contributed by atoms with Gasteiger partial charge in [-0.15, -0.1) is 0 Å². The molecule has 0 aliphatic carbocycles. The first kappa shape index (κ1) is 21.5. The van der Waals surface area contributed by atoms with E-state index in [0.29, 0.717) is 11.5 Å². The number of nitrogens with zero attached hydrogens (tertiary/aromatic N) is 2. The van der Waals surface area contributed by atoms with Crippen LogP contribution in [0.2, 0.25) is 0 Å². The molecule has 2 heterocycles. The first-order valence-corrected chi connectivity index (χ1v) is 12.2. The van der Waals surface area contributed by atoms with Crippen molar-refractivity contribution in [3.63, 3.8) is 0 Å². The molecule has 31 heavy (non-hydrogen) atoms. The summed E-state index contributed by atoms with van der Waals surface area (Å²) in [6, 6.07) is 11.1. The lowest BCUT2D eigenvalue weighted by Gasteiger charge is -2.19. The van der Waals surface area contributed by atoms with Crippen molar-refractivity contribution in [2.75, 3.05) is 11.4 Å². The predicted octanol–water partition coefficient (Wildman–Crippen LogP) is 6.44. The molecule has 0 fully saturated rings. The van der Waals surface area contributed by atoms with Crippen molar-refractivity contribution in [3.05, 3.63) is 70.7 Å². The smallest absolute Gasteiger partial charge is 0.262 e. The topological polar surface area (TPSA) is 47.6 Å². The van der Waals surface area contributed by atoms with Gasteiger partial charge >= 0.3 is 0 Å². The van der Waals surface area contributed by atoms with Gasteiger partial charge in [-0.25, -0.2) is 0 Å². The Bertz CT molecular complexity index is 1180. The highest BCUT2D eigenvalue weighted by atomic mass is 32.2. The number of allylic oxidation sites excluding steroid dienone is 4. The third-order valence-corrected chi connectivity index (χ3v) is 7.25. The molecule has 1 aromatic heterocycles. The Balaban J connectivity index is 1.53. The Morgan fingerprint density at radius 1 is 0.968 bits per heavy atom. The van der Waals surface area contributed by atoms with Crippen LogP contribution in [0.3, 0.4) is 0 Å². The number of rotatable bonds is 7. The summed E-state index contributed by atoms with van der Waals surface area (Å²) in [5, 5.41) is 21.9. The summed E-state index contributed by atoms with van der Waals surface area (Å²) in [4.78, 5) is 3.40. The van der Waals surface area contributed by atoms with Crippen LogP contribution in [-0.4, -0.2) is 16.8 Å². The van der Waals surface area contributed by atoms with E-state index in [2.05, 4.69) is 53.7 Å². The molecular formula is C25H27N2O2S2+. The van der Waals surface area contributed by atoms with E-state index in [4.69, 9.17) is 0 Å². The summed E-state index contributed by atoms with van der Waals surface area (Å²) in [6.45, 7) is 6.25. The van der Waals surface area contributed by atoms with Gasteiger partial charge in [-0.1, -0.05) is 55.2 Å². The molecule has 4 nitrogen and oxygen atoms in total. The minimum absolute atomic E-state index is 0.305. The normalized spacial score (nSPS) is 15.2. The number of hydrogen-bond donors (Lipinski definition) is 2. The second-order valence-corrected chi connectivity index (χ2v) is 9.52. The summed E-state index contributed by atoms with van der Waals surface area (Å²) in [5.74, 6) is 0.610. The molecule has 0 saturated carbocycles. The number of fused-ring (bicyclic) bond motifs is 2. The molecule has 0 radical (unpaired) electrons. The number of phenols is 2. The number of thiazole rings is 1. The number of aryl methyl sites for hydroxylation is 1. The van der Waals surface area contributed by atoms with Crippen LogP contribution in [0.15, 0.2) is 70.6 Å². The van der Waals surface area contributed by atoms with Crippen molar-refractivity contribution < 1.29 is 14.8 Å². The van der Waals surface area contributed by atoms with Gasteiger partial charge in [0.2, 0.25) is 5.52 Å². The van der Waals surface area contributed by atoms with Crippen molar-refractivity contribution in [2.24, 2.45) is 0 Å². The van der Waals surface area contributed by atoms with Gasteiger partial charge in [0.25, 0.3) is 5.01 Å². The number of aromatic hydroxyl groups is 2. The summed E-state index contributed by atoms with van der Waals surface area (Å²) in [5.41, 5.74) is 2.32. The van der Waals surface area contributed by atoms with Crippen LogP contribution in [0.1, 0.15) is 31.7 Å². The molecule has 6 heteroatoms. The van der Waals surface area contributed by atoms with Crippen molar-refractivity contribution in [1.29, 1.82) is 0 Å². The first-order chi connectivity index (χ1) is 15.1. The minimum Gasteiger partial charge on any atom is -0.508 e. The number of hydrogen-bond acceptors (Lipinski definition) is 5. The molecule has 0 unspecified atom stereocenters. The molecule has 3 aromatic rings. The van der Waals surface area contributed by atoms with Crippen LogP contribution in [0.25, 0.3) is 16.3 Å². The van der Waals surface area contributed by atoms with E-state index in [1.165, 1.54) is 10.0 Å². The van der Waals surface area contributed by atoms with Gasteiger partial charge < -0.3 is 15.1 Å². The molecule has 0 spiro atoms.